The Kier molecular flexibility index (Phi) is 8.24. The second kappa shape index (κ2) is 12.0. The topological polar surface area (TPSA) is 114 Å². The number of carbonyl (C=O) groups excluding carboxylic acids is 1. The Morgan fingerprint density at radius 1 is 1.07 bits per heavy atom. The van der Waals surface area contributed by atoms with Crippen molar-refractivity contribution in [2.75, 3.05) is 20.8 Å². The molecule has 0 fully saturated rings. The van der Waals surface area contributed by atoms with Gasteiger partial charge in [-0.25, -0.2) is 9.78 Å². The lowest BCUT2D eigenvalue weighted by atomic mass is 10.2. The molecule has 0 aliphatic carbocycles. The molecule has 11 heteroatoms. The second-order valence-electron chi connectivity index (χ2n) is 8.84. The van der Waals surface area contributed by atoms with Gasteiger partial charge in [-0.15, -0.1) is 0 Å². The van der Waals surface area contributed by atoms with Crippen molar-refractivity contribution in [1.29, 1.82) is 0 Å². The summed E-state index contributed by atoms with van der Waals surface area (Å²) in [5.74, 6) is 1.53. The molecule has 0 spiro atoms. The molecule has 0 bridgehead atoms. The molecule has 5 aromatic rings. The Morgan fingerprint density at radius 3 is 2.61 bits per heavy atom. The van der Waals surface area contributed by atoms with Crippen LogP contribution in [0.1, 0.15) is 19.4 Å². The number of rotatable bonds is 9. The molecular weight excluding hydrogens is 641 g/mol. The van der Waals surface area contributed by atoms with E-state index in [1.807, 2.05) is 24.3 Å². The number of para-hydroxylation sites is 1. The maximum atomic E-state index is 13.6. The van der Waals surface area contributed by atoms with Gasteiger partial charge < -0.3 is 23.4 Å². The van der Waals surface area contributed by atoms with Crippen LogP contribution in [0, 0.1) is 3.57 Å². The van der Waals surface area contributed by atoms with E-state index in [1.165, 1.54) is 18.0 Å². The molecule has 210 valence electrons. The van der Waals surface area contributed by atoms with E-state index >= 15 is 0 Å². The van der Waals surface area contributed by atoms with Gasteiger partial charge in [0.1, 0.15) is 11.3 Å². The summed E-state index contributed by atoms with van der Waals surface area (Å²) < 4.78 is 29.9. The van der Waals surface area contributed by atoms with Crippen molar-refractivity contribution in [1.82, 2.24) is 9.66 Å². The largest absolute Gasteiger partial charge is 0.496 e. The number of nitrogens with zero attached hydrogens (tertiary/aromatic N) is 3. The molecule has 3 aromatic carbocycles. The summed E-state index contributed by atoms with van der Waals surface area (Å²) in [6.45, 7) is 3.59. The lowest BCUT2D eigenvalue weighted by molar-refractivity contribution is -0.150. The fourth-order valence-electron chi connectivity index (χ4n) is 4.25. The molecule has 0 saturated carbocycles. The number of benzene rings is 3. The van der Waals surface area contributed by atoms with Gasteiger partial charge in [0, 0.05) is 0 Å². The fourth-order valence-corrected chi connectivity index (χ4v) is 5.00. The van der Waals surface area contributed by atoms with Crippen LogP contribution in [0.3, 0.4) is 0 Å². The van der Waals surface area contributed by atoms with Gasteiger partial charge in [0.2, 0.25) is 5.82 Å². The lowest BCUT2D eigenvalue weighted by Crippen LogP contribution is -2.26. The number of furan rings is 1. The summed E-state index contributed by atoms with van der Waals surface area (Å²) in [5, 5.41) is 5.68. The highest BCUT2D eigenvalue weighted by molar-refractivity contribution is 14.1. The minimum absolute atomic E-state index is 0.230. The van der Waals surface area contributed by atoms with E-state index in [0.29, 0.717) is 48.6 Å². The predicted octanol–water partition coefficient (Wildman–Crippen LogP) is 5.64. The van der Waals surface area contributed by atoms with Crippen molar-refractivity contribution in [3.05, 3.63) is 80.2 Å². The monoisotopic (exact) mass is 667 g/mol. The van der Waals surface area contributed by atoms with E-state index in [1.54, 1.807) is 57.4 Å². The number of fused-ring (bicyclic) bond motifs is 2. The van der Waals surface area contributed by atoms with E-state index in [4.69, 9.17) is 28.3 Å². The van der Waals surface area contributed by atoms with E-state index in [9.17, 15) is 9.59 Å². The fraction of sp³-hybridized carbons (Fsp3) is 0.200. The lowest BCUT2D eigenvalue weighted by Gasteiger charge is -2.17. The van der Waals surface area contributed by atoms with Gasteiger partial charge in [-0.1, -0.05) is 18.2 Å². The van der Waals surface area contributed by atoms with Crippen LogP contribution in [0.4, 0.5) is 0 Å². The number of hydrogen-bond donors (Lipinski definition) is 0. The first-order valence-electron chi connectivity index (χ1n) is 12.7. The van der Waals surface area contributed by atoms with Crippen LogP contribution in [-0.4, -0.2) is 48.8 Å². The zero-order chi connectivity index (χ0) is 29.1. The molecular formula is C30H26IN3O7. The van der Waals surface area contributed by atoms with Crippen LogP contribution >= 0.6 is 22.6 Å². The van der Waals surface area contributed by atoms with Gasteiger partial charge >= 0.3 is 5.97 Å². The maximum absolute atomic E-state index is 13.6. The minimum Gasteiger partial charge on any atom is -0.496 e. The van der Waals surface area contributed by atoms with Gasteiger partial charge in [0.15, 0.2) is 23.4 Å². The zero-order valence-electron chi connectivity index (χ0n) is 22.7. The van der Waals surface area contributed by atoms with Crippen molar-refractivity contribution in [3.8, 4) is 28.8 Å². The van der Waals surface area contributed by atoms with Crippen molar-refractivity contribution in [3.63, 3.8) is 0 Å². The van der Waals surface area contributed by atoms with E-state index in [0.717, 1.165) is 5.39 Å². The van der Waals surface area contributed by atoms with Gasteiger partial charge in [-0.3, -0.25) is 4.79 Å². The molecule has 0 aliphatic heterocycles. The van der Waals surface area contributed by atoms with Gasteiger partial charge in [-0.05, 0) is 84.5 Å². The molecule has 41 heavy (non-hydrogen) atoms. The summed E-state index contributed by atoms with van der Waals surface area (Å²) in [7, 11) is 3.08. The highest BCUT2D eigenvalue weighted by Crippen LogP contribution is 2.35. The quantitative estimate of drug-likeness (QED) is 0.113. The molecule has 5 rings (SSSR count). The summed E-state index contributed by atoms with van der Waals surface area (Å²) in [6.07, 6.45) is 0.692. The SMILES string of the molecule is CCOC(=O)[C@H](C)Oc1c(I)cc(C=Nn2c(-c3cc4c(OC)cccc4o3)nc3ccccc3c2=O)cc1OC. The first-order valence-corrected chi connectivity index (χ1v) is 13.8. The van der Waals surface area contributed by atoms with E-state index < -0.39 is 12.1 Å². The molecule has 1 atom stereocenters. The minimum atomic E-state index is -0.830. The van der Waals surface area contributed by atoms with E-state index in [-0.39, 0.29) is 18.0 Å². The van der Waals surface area contributed by atoms with Crippen LogP contribution in [0.5, 0.6) is 17.2 Å². The van der Waals surface area contributed by atoms with Crippen LogP contribution in [0.25, 0.3) is 33.5 Å². The average molecular weight is 667 g/mol. The number of hydrogen-bond acceptors (Lipinski definition) is 9. The number of methoxy groups -OCH3 is 2. The third-order valence-electron chi connectivity index (χ3n) is 6.20. The number of halogens is 1. The Hall–Kier alpha value is -4.39. The third-order valence-corrected chi connectivity index (χ3v) is 7.00. The van der Waals surface area contributed by atoms with Crippen LogP contribution in [0.15, 0.2) is 75.0 Å². The smallest absolute Gasteiger partial charge is 0.347 e. The molecule has 10 nitrogen and oxygen atoms in total. The molecule has 0 amide bonds. The first-order chi connectivity index (χ1) is 19.8. The molecule has 0 saturated heterocycles. The van der Waals surface area contributed by atoms with Crippen molar-refractivity contribution in [2.45, 2.75) is 20.0 Å². The summed E-state index contributed by atoms with van der Waals surface area (Å²) in [4.78, 5) is 30.4. The standard InChI is InChI=1S/C30H26IN3O7/c1-5-39-30(36)17(2)40-27-21(31)13-18(14-25(27)38-4)16-32-34-28(33-22-10-7-6-9-19(22)29(34)35)26-15-20-23(37-3)11-8-12-24(20)41-26/h6-17H,5H2,1-4H3/t17-/m0/s1. The van der Waals surface area contributed by atoms with Gasteiger partial charge in [-0.2, -0.15) is 9.78 Å². The van der Waals surface area contributed by atoms with Gasteiger partial charge in [0.25, 0.3) is 5.56 Å². The molecule has 0 unspecified atom stereocenters. The number of aromatic nitrogens is 2. The summed E-state index contributed by atoms with van der Waals surface area (Å²) >= 11 is 2.09. The number of carbonyl (C=O) groups is 1. The Bertz CT molecular complexity index is 1840. The van der Waals surface area contributed by atoms with Crippen LogP contribution in [-0.2, 0) is 9.53 Å². The Labute approximate surface area is 248 Å². The van der Waals surface area contributed by atoms with Gasteiger partial charge in [0.05, 0.1) is 46.9 Å². The second-order valence-corrected chi connectivity index (χ2v) is 10.0. The van der Waals surface area contributed by atoms with Crippen molar-refractivity contribution in [2.24, 2.45) is 5.10 Å². The molecule has 2 heterocycles. The molecule has 0 N–H and O–H groups in total. The normalized spacial score (nSPS) is 12.1. The Balaban J connectivity index is 1.59. The predicted molar refractivity (Wildman–Crippen MR) is 163 cm³/mol. The number of esters is 1. The Morgan fingerprint density at radius 2 is 1.85 bits per heavy atom. The van der Waals surface area contributed by atoms with Crippen molar-refractivity contribution >= 4 is 56.6 Å². The maximum Gasteiger partial charge on any atom is 0.347 e. The molecule has 2 aromatic heterocycles. The molecule has 0 radical (unpaired) electrons. The average Bonchev–Trinajstić information content (AvgIpc) is 3.42. The molecule has 0 aliphatic rings. The zero-order valence-corrected chi connectivity index (χ0v) is 24.9. The van der Waals surface area contributed by atoms with Crippen molar-refractivity contribution < 1.29 is 28.2 Å². The summed E-state index contributed by atoms with van der Waals surface area (Å²) in [6, 6.07) is 17.8. The summed E-state index contributed by atoms with van der Waals surface area (Å²) in [5.41, 5.74) is 1.36. The highest BCUT2D eigenvalue weighted by atomic mass is 127. The third kappa shape index (κ3) is 5.62. The van der Waals surface area contributed by atoms with Crippen LogP contribution in [0.2, 0.25) is 0 Å². The number of ether oxygens (including phenoxy) is 4. The van der Waals surface area contributed by atoms with E-state index in [2.05, 4.69) is 27.7 Å². The van der Waals surface area contributed by atoms with Crippen LogP contribution < -0.4 is 19.8 Å². The first kappa shape index (κ1) is 28.1. The highest BCUT2D eigenvalue weighted by Gasteiger charge is 2.21.